The molecule has 0 saturated heterocycles. The molecule has 0 saturated carbocycles. The number of hydrogen-bond acceptors (Lipinski definition) is 1. The van der Waals surface area contributed by atoms with E-state index in [1.807, 2.05) is 0 Å². The topological polar surface area (TPSA) is 12.0 Å². The minimum atomic E-state index is -1.57. The first-order valence-corrected chi connectivity index (χ1v) is 9.69. The van der Waals surface area contributed by atoms with E-state index in [4.69, 9.17) is 0 Å². The summed E-state index contributed by atoms with van der Waals surface area (Å²) in [5.74, 6) is 0. The van der Waals surface area contributed by atoms with Gasteiger partial charge in [-0.05, 0) is 18.8 Å². The van der Waals surface area contributed by atoms with Crippen LogP contribution in [0.3, 0.4) is 0 Å². The molecule has 0 aromatic rings. The molecule has 0 radical (unpaired) electrons. The summed E-state index contributed by atoms with van der Waals surface area (Å²) < 4.78 is 0. The van der Waals surface area contributed by atoms with E-state index in [-0.39, 0.29) is 57.5 Å². The van der Waals surface area contributed by atoms with Crippen molar-refractivity contribution >= 4 is 33.0 Å². The molecule has 1 rings (SSSR count). The summed E-state index contributed by atoms with van der Waals surface area (Å²) in [6.07, 6.45) is 10.1. The molecule has 1 aliphatic carbocycles. The molecule has 0 aromatic heterocycles. The number of halogens is 2. The van der Waals surface area contributed by atoms with Crippen molar-refractivity contribution in [3.63, 3.8) is 0 Å². The van der Waals surface area contributed by atoms with Gasteiger partial charge in [-0.25, -0.2) is 11.3 Å². The maximum Gasteiger partial charge on any atom is 0.115 e. The van der Waals surface area contributed by atoms with Crippen LogP contribution in [-0.2, 0) is 21.7 Å². The van der Waals surface area contributed by atoms with Gasteiger partial charge in [-0.1, -0.05) is 40.8 Å². The largest absolute Gasteiger partial charge is 0.330 e. The van der Waals surface area contributed by atoms with E-state index in [1.165, 1.54) is 5.20 Å². The Hall–Kier alpha value is 0.951. The molecular formula is C15H30Cl2NSiTi-. The predicted molar refractivity (Wildman–Crippen MR) is 93.8 cm³/mol. The Morgan fingerprint density at radius 3 is 2.00 bits per heavy atom. The predicted octanol–water partition coefficient (Wildman–Crippen LogP) is 5.07. The van der Waals surface area contributed by atoms with Crippen molar-refractivity contribution in [2.45, 2.75) is 66.1 Å². The van der Waals surface area contributed by atoms with Crippen molar-refractivity contribution in [1.29, 1.82) is 0 Å². The molecule has 0 amide bonds. The minimum Gasteiger partial charge on any atom is -0.330 e. The Morgan fingerprint density at radius 2 is 1.70 bits per heavy atom. The Bertz CT molecular complexity index is 348. The maximum absolute atomic E-state index is 3.99. The SMILES string of the molecule is CCC(C)(N[Si](C)(C)C1=[C-]CC=C1)C(C)(C)C.Cl.Cl.[Ti]. The zero-order chi connectivity index (χ0) is 13.3. The molecule has 0 heterocycles. The van der Waals surface area contributed by atoms with Gasteiger partial charge in [0, 0.05) is 27.3 Å². The first kappa shape index (κ1) is 25.9. The zero-order valence-corrected chi connectivity index (χ0v) is 18.1. The van der Waals surface area contributed by atoms with Crippen LogP contribution in [-0.4, -0.2) is 13.8 Å². The van der Waals surface area contributed by atoms with Gasteiger partial charge in [-0.15, -0.1) is 31.2 Å². The third-order valence-electron chi connectivity index (χ3n) is 4.32. The molecule has 118 valence electrons. The molecule has 0 fully saturated rings. The van der Waals surface area contributed by atoms with Gasteiger partial charge in [0.1, 0.15) is 8.24 Å². The summed E-state index contributed by atoms with van der Waals surface area (Å²) in [6.45, 7) is 16.4. The Labute approximate surface area is 154 Å². The van der Waals surface area contributed by atoms with Crippen LogP contribution in [0.5, 0.6) is 0 Å². The number of allylic oxidation sites excluding steroid dienone is 4. The molecule has 0 spiro atoms. The molecule has 1 atom stereocenters. The fraction of sp³-hybridized carbons (Fsp3) is 0.733. The van der Waals surface area contributed by atoms with E-state index >= 15 is 0 Å². The third-order valence-corrected chi connectivity index (χ3v) is 7.19. The second kappa shape index (κ2) is 9.17. The smallest absolute Gasteiger partial charge is 0.115 e. The minimum absolute atomic E-state index is 0. The van der Waals surface area contributed by atoms with Gasteiger partial charge in [0.2, 0.25) is 0 Å². The van der Waals surface area contributed by atoms with Crippen LogP contribution in [0.15, 0.2) is 17.3 Å². The second-order valence-electron chi connectivity index (χ2n) is 6.88. The molecule has 1 N–H and O–H groups in total. The standard InChI is InChI=1S/C15H28NSi.2ClH.Ti/c1-8-15(5,14(2,3)4)16-17(6,7)13-11-9-10-12-13;;;/h9,11,16H,8,10H2,1-7H3;2*1H;/q-1;;;. The average molecular weight is 371 g/mol. The molecule has 0 aliphatic heterocycles. The number of nitrogens with one attached hydrogen (secondary N) is 1. The Balaban J connectivity index is -0.000000963. The summed E-state index contributed by atoms with van der Waals surface area (Å²) in [6, 6.07) is 0. The molecular weight excluding hydrogens is 341 g/mol. The van der Waals surface area contributed by atoms with Crippen molar-refractivity contribution in [3.8, 4) is 0 Å². The molecule has 1 unspecified atom stereocenters. The Kier molecular flexibility index (Phi) is 11.9. The second-order valence-corrected chi connectivity index (χ2v) is 10.9. The maximum atomic E-state index is 3.99. The normalized spacial score (nSPS) is 17.2. The van der Waals surface area contributed by atoms with Crippen LogP contribution in [0.4, 0.5) is 0 Å². The van der Waals surface area contributed by atoms with Crippen molar-refractivity contribution in [2.24, 2.45) is 5.41 Å². The summed E-state index contributed by atoms with van der Waals surface area (Å²) >= 11 is 0. The van der Waals surface area contributed by atoms with Gasteiger partial charge in [0.15, 0.2) is 0 Å². The first-order chi connectivity index (χ1) is 7.62. The van der Waals surface area contributed by atoms with Crippen molar-refractivity contribution < 1.29 is 21.7 Å². The van der Waals surface area contributed by atoms with E-state index in [9.17, 15) is 0 Å². The van der Waals surface area contributed by atoms with E-state index in [0.717, 1.165) is 12.8 Å². The monoisotopic (exact) mass is 370 g/mol. The van der Waals surface area contributed by atoms with Crippen molar-refractivity contribution in [3.05, 3.63) is 23.4 Å². The number of rotatable bonds is 4. The van der Waals surface area contributed by atoms with Gasteiger partial charge in [0.05, 0.1) is 0 Å². The molecule has 0 bridgehead atoms. The summed E-state index contributed by atoms with van der Waals surface area (Å²) in [5.41, 5.74) is 0.461. The van der Waals surface area contributed by atoms with Crippen LogP contribution in [0.1, 0.15) is 47.5 Å². The van der Waals surface area contributed by atoms with Gasteiger partial charge in [0.25, 0.3) is 0 Å². The summed E-state index contributed by atoms with van der Waals surface area (Å²) in [7, 11) is -1.57. The fourth-order valence-corrected chi connectivity index (χ4v) is 5.54. The fourth-order valence-electron chi connectivity index (χ4n) is 2.40. The van der Waals surface area contributed by atoms with Gasteiger partial charge in [-0.2, -0.15) is 6.08 Å². The quantitative estimate of drug-likeness (QED) is 0.538. The van der Waals surface area contributed by atoms with Crippen LogP contribution in [0, 0.1) is 11.5 Å². The molecule has 1 aliphatic rings. The zero-order valence-electron chi connectivity index (χ0n) is 13.9. The summed E-state index contributed by atoms with van der Waals surface area (Å²) in [5, 5.41) is 1.43. The molecule has 20 heavy (non-hydrogen) atoms. The Morgan fingerprint density at radius 1 is 1.20 bits per heavy atom. The van der Waals surface area contributed by atoms with Crippen LogP contribution >= 0.6 is 24.8 Å². The van der Waals surface area contributed by atoms with E-state index in [0.29, 0.717) is 0 Å². The first-order valence-electron chi connectivity index (χ1n) is 6.69. The van der Waals surface area contributed by atoms with Gasteiger partial charge in [-0.3, -0.25) is 6.08 Å². The number of hydrogen-bond donors (Lipinski definition) is 1. The van der Waals surface area contributed by atoms with Crippen LogP contribution < -0.4 is 4.98 Å². The van der Waals surface area contributed by atoms with Crippen molar-refractivity contribution in [1.82, 2.24) is 4.98 Å². The van der Waals surface area contributed by atoms with E-state index < -0.39 is 8.24 Å². The molecule has 1 nitrogen and oxygen atoms in total. The van der Waals surface area contributed by atoms with Gasteiger partial charge >= 0.3 is 0 Å². The van der Waals surface area contributed by atoms with E-state index in [1.54, 1.807) is 0 Å². The van der Waals surface area contributed by atoms with Crippen LogP contribution in [0.2, 0.25) is 13.1 Å². The molecule has 5 heteroatoms. The average Bonchev–Trinajstić information content (AvgIpc) is 2.68. The molecule has 0 aromatic carbocycles. The van der Waals surface area contributed by atoms with Gasteiger partial charge < -0.3 is 4.98 Å². The van der Waals surface area contributed by atoms with E-state index in [2.05, 4.69) is 70.9 Å². The van der Waals surface area contributed by atoms with Crippen LogP contribution in [0.25, 0.3) is 0 Å². The van der Waals surface area contributed by atoms with Crippen molar-refractivity contribution in [2.75, 3.05) is 0 Å². The third kappa shape index (κ3) is 5.98. The summed E-state index contributed by atoms with van der Waals surface area (Å²) in [4.78, 5) is 3.99.